The van der Waals surface area contributed by atoms with E-state index in [1.807, 2.05) is 0 Å². The first-order valence-corrected chi connectivity index (χ1v) is 8.78. The van der Waals surface area contributed by atoms with Gasteiger partial charge in [-0.1, -0.05) is 49.8 Å². The molecule has 3 heteroatoms. The molecule has 0 aromatic carbocycles. The molecule has 0 aliphatic rings. The van der Waals surface area contributed by atoms with Crippen LogP contribution in [0.2, 0.25) is 18.1 Å². The molecule has 1 nitrogen and oxygen atoms in total. The molecule has 0 aliphatic heterocycles. The summed E-state index contributed by atoms with van der Waals surface area (Å²) in [6.07, 6.45) is 0.974. The van der Waals surface area contributed by atoms with Crippen LogP contribution in [-0.2, 0) is 4.74 Å². The van der Waals surface area contributed by atoms with Gasteiger partial charge in [-0.15, -0.1) is 0 Å². The number of halogens is 1. The standard InChI is InChI=1S/C9H21BrOSi/c1-9(2,3)12(4,5)8-11-7-6-10/h6-8H2,1-5H3. The average Bonchev–Trinajstić information content (AvgIpc) is 1.85. The lowest BCUT2D eigenvalue weighted by molar-refractivity contribution is 0.189. The summed E-state index contributed by atoms with van der Waals surface area (Å²) >= 11 is 3.36. The highest BCUT2D eigenvalue weighted by Crippen LogP contribution is 2.35. The maximum Gasteiger partial charge on any atom is 0.0829 e. The first-order chi connectivity index (χ1) is 5.31. The largest absolute Gasteiger partial charge is 0.384 e. The second-order valence-corrected chi connectivity index (χ2v) is 11.2. The molecule has 0 saturated carbocycles. The average molecular weight is 253 g/mol. The number of alkyl halides is 1. The van der Waals surface area contributed by atoms with Crippen LogP contribution in [0.3, 0.4) is 0 Å². The molecule has 0 bridgehead atoms. The van der Waals surface area contributed by atoms with Crippen molar-refractivity contribution in [1.29, 1.82) is 0 Å². The Bertz CT molecular complexity index is 129. The van der Waals surface area contributed by atoms with Crippen LogP contribution < -0.4 is 0 Å². The van der Waals surface area contributed by atoms with Gasteiger partial charge in [-0.3, -0.25) is 0 Å². The number of ether oxygens (including phenoxy) is 1. The van der Waals surface area contributed by atoms with E-state index in [9.17, 15) is 0 Å². The summed E-state index contributed by atoms with van der Waals surface area (Å²) in [5.74, 6) is 0. The van der Waals surface area contributed by atoms with E-state index in [4.69, 9.17) is 4.74 Å². The van der Waals surface area contributed by atoms with Crippen LogP contribution in [0.1, 0.15) is 20.8 Å². The highest BCUT2D eigenvalue weighted by atomic mass is 79.9. The van der Waals surface area contributed by atoms with Crippen molar-refractivity contribution in [3.8, 4) is 0 Å². The lowest BCUT2D eigenvalue weighted by Crippen LogP contribution is -2.42. The first-order valence-electron chi connectivity index (χ1n) is 4.45. The van der Waals surface area contributed by atoms with Gasteiger partial charge in [-0.2, -0.15) is 0 Å². The Morgan fingerprint density at radius 3 is 2.08 bits per heavy atom. The van der Waals surface area contributed by atoms with Gasteiger partial charge in [-0.25, -0.2) is 0 Å². The summed E-state index contributed by atoms with van der Waals surface area (Å²) < 4.78 is 5.59. The van der Waals surface area contributed by atoms with Crippen molar-refractivity contribution >= 4 is 24.0 Å². The minimum absolute atomic E-state index is 0.444. The zero-order valence-corrected chi connectivity index (χ0v) is 11.5. The molecule has 0 radical (unpaired) electrons. The predicted octanol–water partition coefficient (Wildman–Crippen LogP) is 3.45. The van der Waals surface area contributed by atoms with Crippen molar-refractivity contribution in [2.24, 2.45) is 0 Å². The van der Waals surface area contributed by atoms with Crippen LogP contribution in [0.25, 0.3) is 0 Å². The fraction of sp³-hybridized carbons (Fsp3) is 1.00. The van der Waals surface area contributed by atoms with Gasteiger partial charge in [0.25, 0.3) is 0 Å². The van der Waals surface area contributed by atoms with Crippen LogP contribution in [0.5, 0.6) is 0 Å². The highest BCUT2D eigenvalue weighted by molar-refractivity contribution is 9.09. The molecule has 0 N–H and O–H groups in total. The van der Waals surface area contributed by atoms with Crippen LogP contribution in [0.4, 0.5) is 0 Å². The van der Waals surface area contributed by atoms with E-state index in [2.05, 4.69) is 49.8 Å². The van der Waals surface area contributed by atoms with Gasteiger partial charge in [-0.05, 0) is 5.04 Å². The molecule has 12 heavy (non-hydrogen) atoms. The Labute approximate surface area is 86.0 Å². The lowest BCUT2D eigenvalue weighted by Gasteiger charge is -2.36. The Morgan fingerprint density at radius 2 is 1.75 bits per heavy atom. The smallest absolute Gasteiger partial charge is 0.0829 e. The van der Waals surface area contributed by atoms with Crippen molar-refractivity contribution in [2.75, 3.05) is 18.2 Å². The maximum atomic E-state index is 5.59. The summed E-state index contributed by atoms with van der Waals surface area (Å²) in [7, 11) is -1.19. The van der Waals surface area contributed by atoms with Crippen molar-refractivity contribution in [2.45, 2.75) is 38.9 Å². The Kier molecular flexibility index (Phi) is 5.03. The van der Waals surface area contributed by atoms with Gasteiger partial charge in [0.15, 0.2) is 0 Å². The van der Waals surface area contributed by atoms with E-state index >= 15 is 0 Å². The molecule has 0 heterocycles. The van der Waals surface area contributed by atoms with Gasteiger partial charge in [0.2, 0.25) is 0 Å². The minimum Gasteiger partial charge on any atom is -0.384 e. The topological polar surface area (TPSA) is 9.23 Å². The van der Waals surface area contributed by atoms with Crippen LogP contribution in [0.15, 0.2) is 0 Å². The molecule has 0 unspecified atom stereocenters. The fourth-order valence-corrected chi connectivity index (χ4v) is 1.91. The van der Waals surface area contributed by atoms with E-state index in [0.29, 0.717) is 5.04 Å². The fourth-order valence-electron chi connectivity index (χ4n) is 0.598. The summed E-state index contributed by atoms with van der Waals surface area (Å²) in [6.45, 7) is 12.6. The van der Waals surface area contributed by atoms with Gasteiger partial charge >= 0.3 is 0 Å². The quantitative estimate of drug-likeness (QED) is 0.423. The molecule has 0 aliphatic carbocycles. The normalized spacial score (nSPS) is 13.5. The molecule has 0 aromatic rings. The molecular weight excluding hydrogens is 232 g/mol. The van der Waals surface area contributed by atoms with E-state index in [1.54, 1.807) is 0 Å². The maximum absolute atomic E-state index is 5.59. The van der Waals surface area contributed by atoms with Gasteiger partial charge in [0, 0.05) is 11.6 Å². The SMILES string of the molecule is CC(C)(C)[Si](C)(C)COCCBr. The number of hydrogen-bond acceptors (Lipinski definition) is 1. The van der Waals surface area contributed by atoms with Crippen molar-refractivity contribution in [1.82, 2.24) is 0 Å². The highest BCUT2D eigenvalue weighted by Gasteiger charge is 2.35. The van der Waals surface area contributed by atoms with Gasteiger partial charge < -0.3 is 4.74 Å². The molecule has 74 valence electrons. The predicted molar refractivity (Wildman–Crippen MR) is 61.8 cm³/mol. The van der Waals surface area contributed by atoms with Crippen LogP contribution >= 0.6 is 15.9 Å². The Morgan fingerprint density at radius 1 is 1.25 bits per heavy atom. The summed E-state index contributed by atoms with van der Waals surface area (Å²) in [6, 6.07) is 0. The zero-order valence-electron chi connectivity index (χ0n) is 8.91. The minimum atomic E-state index is -1.19. The Hall–Kier alpha value is 0.657. The van der Waals surface area contributed by atoms with Crippen molar-refractivity contribution < 1.29 is 4.74 Å². The lowest BCUT2D eigenvalue weighted by atomic mass is 10.2. The van der Waals surface area contributed by atoms with Crippen molar-refractivity contribution in [3.63, 3.8) is 0 Å². The number of hydrogen-bond donors (Lipinski definition) is 0. The molecule has 0 spiro atoms. The molecular formula is C9H21BrOSi. The first kappa shape index (κ1) is 12.7. The molecule has 0 rings (SSSR count). The monoisotopic (exact) mass is 252 g/mol. The van der Waals surface area contributed by atoms with E-state index in [-0.39, 0.29) is 0 Å². The molecule has 0 aromatic heterocycles. The van der Waals surface area contributed by atoms with Crippen LogP contribution in [0, 0.1) is 0 Å². The molecule has 0 saturated heterocycles. The van der Waals surface area contributed by atoms with E-state index in [0.717, 1.165) is 18.2 Å². The zero-order chi connectivity index (χ0) is 9.83. The summed E-state index contributed by atoms with van der Waals surface area (Å²) in [5, 5.41) is 1.39. The third-order valence-corrected chi connectivity index (χ3v) is 8.02. The second-order valence-electron chi connectivity index (χ2n) is 4.88. The molecule has 0 fully saturated rings. The Balaban J connectivity index is 3.88. The van der Waals surface area contributed by atoms with Gasteiger partial charge in [0.1, 0.15) is 0 Å². The third-order valence-electron chi connectivity index (χ3n) is 2.71. The summed E-state index contributed by atoms with van der Waals surface area (Å²) in [4.78, 5) is 0. The molecule has 0 atom stereocenters. The van der Waals surface area contributed by atoms with Crippen LogP contribution in [-0.4, -0.2) is 26.2 Å². The molecule has 0 amide bonds. The van der Waals surface area contributed by atoms with E-state index < -0.39 is 8.07 Å². The third kappa shape index (κ3) is 4.05. The summed E-state index contributed by atoms with van der Waals surface area (Å²) in [5.41, 5.74) is 0. The number of rotatable bonds is 4. The van der Waals surface area contributed by atoms with E-state index in [1.165, 1.54) is 0 Å². The van der Waals surface area contributed by atoms with Gasteiger partial charge in [0.05, 0.1) is 14.7 Å². The van der Waals surface area contributed by atoms with Crippen molar-refractivity contribution in [3.05, 3.63) is 0 Å². The second kappa shape index (κ2) is 4.77.